The van der Waals surface area contributed by atoms with Gasteiger partial charge in [-0.2, -0.15) is 9.97 Å². The molecule has 0 amide bonds. The van der Waals surface area contributed by atoms with E-state index in [1.54, 1.807) is 13.8 Å². The van der Waals surface area contributed by atoms with Crippen molar-refractivity contribution < 1.29 is 42.5 Å². The molecular formula is C15H23ClN5O9PS. The van der Waals surface area contributed by atoms with E-state index in [2.05, 4.69) is 15.0 Å². The minimum Gasteiger partial charge on any atom is -0.387 e. The van der Waals surface area contributed by atoms with Crippen molar-refractivity contribution in [2.45, 2.75) is 43.6 Å². The van der Waals surface area contributed by atoms with Gasteiger partial charge in [0, 0.05) is 0 Å². The van der Waals surface area contributed by atoms with Crippen LogP contribution in [0.25, 0.3) is 11.2 Å². The second-order valence-corrected chi connectivity index (χ2v) is 12.1. The monoisotopic (exact) mass is 515 g/mol. The van der Waals surface area contributed by atoms with Crippen LogP contribution < -0.4 is 5.73 Å². The average Bonchev–Trinajstić information content (AvgIpc) is 3.15. The molecule has 0 spiro atoms. The number of ether oxygens (including phenoxy) is 2. The van der Waals surface area contributed by atoms with E-state index in [1.807, 2.05) is 0 Å². The van der Waals surface area contributed by atoms with E-state index in [4.69, 9.17) is 26.8 Å². The normalized spacial score (nSPS) is 25.6. The van der Waals surface area contributed by atoms with E-state index >= 15 is 0 Å². The molecule has 17 heteroatoms. The number of sulfone groups is 1. The Balaban J connectivity index is 1.82. The molecule has 3 rings (SSSR count). The van der Waals surface area contributed by atoms with Gasteiger partial charge in [-0.15, -0.1) is 0 Å². The molecule has 2 aromatic rings. The van der Waals surface area contributed by atoms with Gasteiger partial charge >= 0.3 is 7.60 Å². The Bertz CT molecular complexity index is 1140. The number of hydrogen-bond donors (Lipinski definition) is 5. The molecule has 1 aliphatic heterocycles. The fraction of sp³-hybridized carbons (Fsp3) is 0.667. The van der Waals surface area contributed by atoms with E-state index in [0.717, 1.165) is 0 Å². The molecule has 0 aromatic carbocycles. The summed E-state index contributed by atoms with van der Waals surface area (Å²) >= 11 is 5.81. The Kier molecular flexibility index (Phi) is 7.15. The first-order chi connectivity index (χ1) is 14.7. The smallest absolute Gasteiger partial charge is 0.369 e. The number of aliphatic hydroxyl groups is 2. The van der Waals surface area contributed by atoms with Crippen molar-refractivity contribution in [2.75, 3.05) is 18.1 Å². The first kappa shape index (κ1) is 25.2. The summed E-state index contributed by atoms with van der Waals surface area (Å²) in [4.78, 5) is 30.7. The Hall–Kier alpha value is -1.42. The highest BCUT2D eigenvalue weighted by Gasteiger charge is 2.47. The molecule has 5 atom stereocenters. The number of anilines is 1. The zero-order valence-corrected chi connectivity index (χ0v) is 19.4. The summed E-state index contributed by atoms with van der Waals surface area (Å²) in [6.45, 7) is 2.40. The van der Waals surface area contributed by atoms with E-state index in [0.29, 0.717) is 0 Å². The lowest BCUT2D eigenvalue weighted by molar-refractivity contribution is -0.0648. The van der Waals surface area contributed by atoms with Gasteiger partial charge in [-0.3, -0.25) is 9.13 Å². The second kappa shape index (κ2) is 9.08. The third-order valence-electron chi connectivity index (χ3n) is 4.58. The molecule has 2 aromatic heterocycles. The number of nitrogens with two attached hydrogens (primary N) is 1. The number of halogens is 1. The maximum atomic E-state index is 12.4. The van der Waals surface area contributed by atoms with Gasteiger partial charge in [0.2, 0.25) is 5.28 Å². The van der Waals surface area contributed by atoms with Crippen molar-refractivity contribution in [1.82, 2.24) is 19.5 Å². The molecule has 0 bridgehead atoms. The predicted molar refractivity (Wildman–Crippen MR) is 111 cm³/mol. The molecule has 0 aliphatic carbocycles. The van der Waals surface area contributed by atoms with Crippen LogP contribution in [0, 0.1) is 5.92 Å². The molecule has 1 aliphatic rings. The highest BCUT2D eigenvalue weighted by Crippen LogP contribution is 2.46. The molecule has 3 heterocycles. The Morgan fingerprint density at radius 3 is 2.56 bits per heavy atom. The largest absolute Gasteiger partial charge is 0.387 e. The van der Waals surface area contributed by atoms with Gasteiger partial charge in [0.25, 0.3) is 5.18 Å². The number of imidazole rings is 1. The van der Waals surface area contributed by atoms with Crippen LogP contribution >= 0.6 is 19.2 Å². The van der Waals surface area contributed by atoms with Crippen LogP contribution in [-0.4, -0.2) is 83.8 Å². The fourth-order valence-electron chi connectivity index (χ4n) is 3.33. The zero-order chi connectivity index (χ0) is 24.0. The summed E-state index contributed by atoms with van der Waals surface area (Å²) in [6.07, 6.45) is -4.49. The molecule has 1 unspecified atom stereocenters. The van der Waals surface area contributed by atoms with Crippen molar-refractivity contribution in [3.63, 3.8) is 0 Å². The first-order valence-electron chi connectivity index (χ1n) is 9.28. The molecule has 1 saturated heterocycles. The first-order valence-corrected chi connectivity index (χ1v) is 13.1. The van der Waals surface area contributed by atoms with Crippen LogP contribution in [-0.2, 0) is 23.9 Å². The zero-order valence-electron chi connectivity index (χ0n) is 16.9. The van der Waals surface area contributed by atoms with Crippen molar-refractivity contribution in [1.29, 1.82) is 0 Å². The maximum Gasteiger partial charge on any atom is 0.369 e. The summed E-state index contributed by atoms with van der Waals surface area (Å²) < 4.78 is 48.4. The highest BCUT2D eigenvalue weighted by molar-refractivity contribution is 7.98. The molecule has 0 radical (unpaired) electrons. The molecule has 14 nitrogen and oxygen atoms in total. The van der Waals surface area contributed by atoms with Gasteiger partial charge in [0.1, 0.15) is 23.8 Å². The molecular weight excluding hydrogens is 493 g/mol. The van der Waals surface area contributed by atoms with Crippen LogP contribution in [0.15, 0.2) is 6.33 Å². The third kappa shape index (κ3) is 5.05. The maximum absolute atomic E-state index is 12.4. The van der Waals surface area contributed by atoms with Gasteiger partial charge in [0.15, 0.2) is 27.5 Å². The van der Waals surface area contributed by atoms with Crippen LogP contribution in [0.4, 0.5) is 5.82 Å². The number of fused-ring (bicyclic) bond motifs is 1. The SMILES string of the molecule is CC(C)CS(=O)(=O)C(OC[C@H]1O[C@@H](n2cnc3c(N)nc(Cl)nc32)[C@H](O)[C@H]1O)P(=O)(O)O. The van der Waals surface area contributed by atoms with E-state index in [9.17, 15) is 33.0 Å². The van der Waals surface area contributed by atoms with E-state index in [-0.39, 0.29) is 22.3 Å². The van der Waals surface area contributed by atoms with Gasteiger partial charge in [0.05, 0.1) is 18.7 Å². The Morgan fingerprint density at radius 1 is 1.31 bits per heavy atom. The molecule has 6 N–H and O–H groups in total. The van der Waals surface area contributed by atoms with Crippen molar-refractivity contribution in [3.8, 4) is 0 Å². The highest BCUT2D eigenvalue weighted by atomic mass is 35.5. The minimum absolute atomic E-state index is 0.0217. The van der Waals surface area contributed by atoms with Crippen LogP contribution in [0.1, 0.15) is 20.1 Å². The summed E-state index contributed by atoms with van der Waals surface area (Å²) in [6, 6.07) is 0. The number of nitrogens with zero attached hydrogens (tertiary/aromatic N) is 4. The van der Waals surface area contributed by atoms with Gasteiger partial charge in [-0.25, -0.2) is 13.4 Å². The quantitative estimate of drug-likeness (QED) is 0.215. The van der Waals surface area contributed by atoms with Crippen molar-refractivity contribution in [3.05, 3.63) is 11.6 Å². The lowest BCUT2D eigenvalue weighted by Crippen LogP contribution is -2.37. The number of aliphatic hydroxyl groups excluding tert-OH is 2. The molecule has 1 fully saturated rings. The Labute approximate surface area is 187 Å². The number of aromatic nitrogens is 4. The molecule has 180 valence electrons. The van der Waals surface area contributed by atoms with Crippen LogP contribution in [0.5, 0.6) is 0 Å². The van der Waals surface area contributed by atoms with Crippen LogP contribution in [0.3, 0.4) is 0 Å². The lowest BCUT2D eigenvalue weighted by atomic mass is 10.1. The predicted octanol–water partition coefficient (Wildman–Crippen LogP) is -0.770. The van der Waals surface area contributed by atoms with Crippen molar-refractivity contribution >= 4 is 46.0 Å². The molecule has 32 heavy (non-hydrogen) atoms. The lowest BCUT2D eigenvalue weighted by Gasteiger charge is -2.23. The van der Waals surface area contributed by atoms with Crippen molar-refractivity contribution in [2.24, 2.45) is 5.92 Å². The second-order valence-electron chi connectivity index (χ2n) is 7.70. The summed E-state index contributed by atoms with van der Waals surface area (Å²) in [5.41, 5.74) is 6.01. The van der Waals surface area contributed by atoms with E-state index in [1.165, 1.54) is 10.9 Å². The average molecular weight is 516 g/mol. The van der Waals surface area contributed by atoms with E-state index < -0.39 is 65.4 Å². The number of hydrogen-bond acceptors (Lipinski definition) is 11. The van der Waals surface area contributed by atoms with Crippen LogP contribution in [0.2, 0.25) is 5.28 Å². The third-order valence-corrected chi connectivity index (χ3v) is 9.12. The summed E-state index contributed by atoms with van der Waals surface area (Å²) in [5, 5.41) is 18.2. The molecule has 0 saturated carbocycles. The topological polar surface area (TPSA) is 220 Å². The summed E-state index contributed by atoms with van der Waals surface area (Å²) in [5.74, 6) is -0.954. The standard InChI is InChI=1S/C15H23ClN5O9PS/c1-6(2)4-32(27,28)15(31(24,25)26)29-3-7-9(22)10(23)13(30-7)21-5-18-8-11(17)19-14(16)20-12(8)21/h5-7,9-10,13,15,22-23H,3-4H2,1-2H3,(H2,17,19,20)(H2,24,25,26)/t7-,9+,10-,13-,15?/m1/s1. The number of rotatable bonds is 8. The van der Waals surface area contributed by atoms with Gasteiger partial charge in [-0.05, 0) is 17.5 Å². The summed E-state index contributed by atoms with van der Waals surface area (Å²) in [7, 11) is -9.57. The Morgan fingerprint density at radius 2 is 1.97 bits per heavy atom. The minimum atomic E-state index is -5.22. The number of nitrogen functional groups attached to an aromatic ring is 1. The van der Waals surface area contributed by atoms with Gasteiger partial charge in [-0.1, -0.05) is 13.8 Å². The van der Waals surface area contributed by atoms with Gasteiger partial charge < -0.3 is 35.2 Å². The fourth-order valence-corrected chi connectivity index (χ4v) is 7.09.